The summed E-state index contributed by atoms with van der Waals surface area (Å²) >= 11 is 0. The van der Waals surface area contributed by atoms with Crippen LogP contribution in [0.2, 0.25) is 0 Å². The molecule has 0 saturated carbocycles. The van der Waals surface area contributed by atoms with Crippen LogP contribution < -0.4 is 20.9 Å². The van der Waals surface area contributed by atoms with Gasteiger partial charge in [-0.2, -0.15) is 5.10 Å². The van der Waals surface area contributed by atoms with Gasteiger partial charge in [0.1, 0.15) is 6.33 Å². The number of hydrogen-bond donors (Lipinski definition) is 1. The first-order valence-electron chi connectivity index (χ1n) is 10.4. The molecule has 2 heterocycles. The van der Waals surface area contributed by atoms with Gasteiger partial charge in [0.15, 0.2) is 11.5 Å². The molecule has 166 valence electrons. The Morgan fingerprint density at radius 2 is 1.67 bits per heavy atom. The van der Waals surface area contributed by atoms with Crippen LogP contribution in [-0.4, -0.2) is 27.7 Å². The first-order valence-corrected chi connectivity index (χ1v) is 10.4. The predicted octanol–water partition coefficient (Wildman–Crippen LogP) is 3.91. The van der Waals surface area contributed by atoms with E-state index < -0.39 is 0 Å². The normalized spacial score (nSPS) is 12.8. The van der Waals surface area contributed by atoms with Crippen LogP contribution in [0.5, 0.6) is 11.5 Å². The molecular weight excluding hydrogens is 423 g/mol. The molecule has 5 rings (SSSR count). The molecule has 7 nitrogen and oxygen atoms in total. The van der Waals surface area contributed by atoms with E-state index in [0.29, 0.717) is 12.0 Å². The zero-order valence-electron chi connectivity index (χ0n) is 17.6. The largest absolute Gasteiger partial charge is 0.454 e. The molecule has 0 spiro atoms. The van der Waals surface area contributed by atoms with E-state index in [0.717, 1.165) is 33.8 Å². The molecule has 0 unspecified atom stereocenters. The zero-order valence-corrected chi connectivity index (χ0v) is 17.6. The third kappa shape index (κ3) is 4.04. The topological polar surface area (TPSA) is 84.3 Å². The summed E-state index contributed by atoms with van der Waals surface area (Å²) in [6.45, 7) is 0.264. The number of nitrogens with two attached hydrogens (primary N) is 1. The van der Waals surface area contributed by atoms with E-state index in [4.69, 9.17) is 15.2 Å². The van der Waals surface area contributed by atoms with Gasteiger partial charge < -0.3 is 15.2 Å². The van der Waals surface area contributed by atoms with Gasteiger partial charge in [-0.1, -0.05) is 36.4 Å². The average molecular weight is 444 g/mol. The van der Waals surface area contributed by atoms with Gasteiger partial charge in [-0.15, -0.1) is 0 Å². The van der Waals surface area contributed by atoms with Crippen LogP contribution in [0.4, 0.5) is 4.39 Å². The fourth-order valence-electron chi connectivity index (χ4n) is 3.75. The van der Waals surface area contributed by atoms with Gasteiger partial charge in [0.25, 0.3) is 0 Å². The predicted molar refractivity (Wildman–Crippen MR) is 123 cm³/mol. The maximum Gasteiger partial charge on any atom is 0.350 e. The fourth-order valence-corrected chi connectivity index (χ4v) is 3.75. The van der Waals surface area contributed by atoms with Crippen molar-refractivity contribution in [2.24, 2.45) is 5.73 Å². The average Bonchev–Trinajstić information content (AvgIpc) is 3.48. The Morgan fingerprint density at radius 1 is 0.970 bits per heavy atom. The first-order chi connectivity index (χ1) is 16.2. The number of halogens is 1. The molecule has 1 aliphatic rings. The number of aromatic nitrogens is 3. The maximum absolute atomic E-state index is 12.9. The number of fused-ring (bicyclic) bond motifs is 1. The molecule has 0 aliphatic carbocycles. The standard InChI is InChI=1S/C25H21FN4O3/c26-12-17(13-27)14-30-25(31)29(15-28-30)22-6-2-5-20(10-22)18-3-1-4-19(9-18)21-7-8-23-24(11-21)33-16-32-23/h1-12,15H,13-14,16,27H2/b17-12+. The zero-order chi connectivity index (χ0) is 22.8. The summed E-state index contributed by atoms with van der Waals surface area (Å²) in [6.07, 6.45) is 1.84. The van der Waals surface area contributed by atoms with Crippen molar-refractivity contribution in [2.75, 3.05) is 13.3 Å². The van der Waals surface area contributed by atoms with E-state index in [1.807, 2.05) is 60.7 Å². The van der Waals surface area contributed by atoms with Gasteiger partial charge in [0.05, 0.1) is 18.6 Å². The number of rotatable bonds is 6. The second kappa shape index (κ2) is 8.76. The van der Waals surface area contributed by atoms with Crippen LogP contribution in [0, 0.1) is 0 Å². The van der Waals surface area contributed by atoms with Gasteiger partial charge in [0, 0.05) is 6.54 Å². The van der Waals surface area contributed by atoms with E-state index in [1.165, 1.54) is 15.6 Å². The van der Waals surface area contributed by atoms with E-state index in [9.17, 15) is 9.18 Å². The lowest BCUT2D eigenvalue weighted by molar-refractivity contribution is 0.174. The summed E-state index contributed by atoms with van der Waals surface area (Å²) in [5.74, 6) is 1.48. The molecule has 4 aromatic rings. The summed E-state index contributed by atoms with van der Waals surface area (Å²) in [5, 5.41) is 4.09. The summed E-state index contributed by atoms with van der Waals surface area (Å²) in [4.78, 5) is 12.8. The number of benzene rings is 3. The van der Waals surface area contributed by atoms with E-state index in [-0.39, 0.29) is 31.1 Å². The molecular formula is C25H21FN4O3. The highest BCUT2D eigenvalue weighted by molar-refractivity contribution is 5.75. The van der Waals surface area contributed by atoms with Crippen molar-refractivity contribution < 1.29 is 13.9 Å². The minimum Gasteiger partial charge on any atom is -0.454 e. The van der Waals surface area contributed by atoms with Crippen molar-refractivity contribution in [3.8, 4) is 39.4 Å². The second-order valence-corrected chi connectivity index (χ2v) is 7.61. The lowest BCUT2D eigenvalue weighted by Gasteiger charge is -2.09. The molecule has 0 radical (unpaired) electrons. The molecule has 0 fully saturated rings. The third-order valence-electron chi connectivity index (χ3n) is 5.53. The summed E-state index contributed by atoms with van der Waals surface area (Å²) in [5.41, 5.74) is 10.1. The molecule has 2 N–H and O–H groups in total. The van der Waals surface area contributed by atoms with Gasteiger partial charge >= 0.3 is 5.69 Å². The quantitative estimate of drug-likeness (QED) is 0.488. The van der Waals surface area contributed by atoms with Crippen LogP contribution in [0.1, 0.15) is 0 Å². The van der Waals surface area contributed by atoms with Crippen LogP contribution >= 0.6 is 0 Å². The second-order valence-electron chi connectivity index (χ2n) is 7.61. The molecule has 1 aliphatic heterocycles. The highest BCUT2D eigenvalue weighted by Crippen LogP contribution is 2.36. The summed E-state index contributed by atoms with van der Waals surface area (Å²) < 4.78 is 26.4. The number of hydrogen-bond acceptors (Lipinski definition) is 5. The van der Waals surface area contributed by atoms with Crippen LogP contribution in [0.15, 0.2) is 89.8 Å². The molecule has 1 aromatic heterocycles. The van der Waals surface area contributed by atoms with Gasteiger partial charge in [0.2, 0.25) is 6.79 Å². The summed E-state index contributed by atoms with van der Waals surface area (Å²) in [6, 6.07) is 21.6. The molecule has 0 saturated heterocycles. The molecule has 8 heteroatoms. The molecule has 0 atom stereocenters. The van der Waals surface area contributed by atoms with Crippen molar-refractivity contribution >= 4 is 0 Å². The third-order valence-corrected chi connectivity index (χ3v) is 5.53. The van der Waals surface area contributed by atoms with Gasteiger partial charge in [-0.3, -0.25) is 0 Å². The first kappa shape index (κ1) is 20.7. The van der Waals surface area contributed by atoms with Gasteiger partial charge in [-0.25, -0.2) is 18.4 Å². The summed E-state index contributed by atoms with van der Waals surface area (Å²) in [7, 11) is 0. The van der Waals surface area contributed by atoms with E-state index in [2.05, 4.69) is 11.2 Å². The molecule has 0 bridgehead atoms. The Kier molecular flexibility index (Phi) is 5.50. The van der Waals surface area contributed by atoms with Crippen molar-refractivity contribution in [3.63, 3.8) is 0 Å². The molecule has 3 aromatic carbocycles. The van der Waals surface area contributed by atoms with Crippen molar-refractivity contribution in [3.05, 3.63) is 95.4 Å². The lowest BCUT2D eigenvalue weighted by atomic mass is 9.98. The van der Waals surface area contributed by atoms with E-state index >= 15 is 0 Å². The lowest BCUT2D eigenvalue weighted by Crippen LogP contribution is -2.25. The van der Waals surface area contributed by atoms with Crippen LogP contribution in [0.3, 0.4) is 0 Å². The Labute approximate surface area is 189 Å². The van der Waals surface area contributed by atoms with Gasteiger partial charge in [-0.05, 0) is 58.2 Å². The minimum atomic E-state index is -0.367. The maximum atomic E-state index is 12.9. The molecule has 0 amide bonds. The number of ether oxygens (including phenoxy) is 2. The monoisotopic (exact) mass is 444 g/mol. The highest BCUT2D eigenvalue weighted by atomic mass is 19.1. The van der Waals surface area contributed by atoms with E-state index in [1.54, 1.807) is 0 Å². The molecule has 33 heavy (non-hydrogen) atoms. The van der Waals surface area contributed by atoms with Crippen LogP contribution in [0.25, 0.3) is 27.9 Å². The van der Waals surface area contributed by atoms with Crippen molar-refractivity contribution in [1.82, 2.24) is 14.3 Å². The Morgan fingerprint density at radius 3 is 2.42 bits per heavy atom. The van der Waals surface area contributed by atoms with Crippen LogP contribution in [-0.2, 0) is 6.54 Å². The fraction of sp³-hybridized carbons (Fsp3) is 0.120. The Balaban J connectivity index is 1.47. The van der Waals surface area contributed by atoms with Crippen molar-refractivity contribution in [1.29, 1.82) is 0 Å². The Bertz CT molecular complexity index is 1410. The SMILES string of the molecule is NC/C(=C\F)Cn1ncn(-c2cccc(-c3cccc(-c4ccc5c(c4)OCO5)c3)c2)c1=O. The highest BCUT2D eigenvalue weighted by Gasteiger charge is 2.14. The minimum absolute atomic E-state index is 0.0100. The Hall–Kier alpha value is -4.17. The van der Waals surface area contributed by atoms with Crippen molar-refractivity contribution in [2.45, 2.75) is 6.54 Å². The number of nitrogens with zero attached hydrogens (tertiary/aromatic N) is 3. The smallest absolute Gasteiger partial charge is 0.350 e.